The highest BCUT2D eigenvalue weighted by Gasteiger charge is 2.10. The Labute approximate surface area is 125 Å². The number of rotatable bonds is 6. The molecule has 1 heterocycles. The van der Waals surface area contributed by atoms with E-state index >= 15 is 0 Å². The summed E-state index contributed by atoms with van der Waals surface area (Å²) in [6, 6.07) is 11.6. The van der Waals surface area contributed by atoms with Crippen molar-refractivity contribution in [3.05, 3.63) is 65.0 Å². The Morgan fingerprint density at radius 2 is 2.00 bits per heavy atom. The molecule has 21 heavy (non-hydrogen) atoms. The third-order valence-corrected chi connectivity index (χ3v) is 3.44. The highest BCUT2D eigenvalue weighted by atomic mass is 16.1. The highest BCUT2D eigenvalue weighted by Crippen LogP contribution is 2.10. The number of pyridine rings is 1. The molecule has 0 bridgehead atoms. The van der Waals surface area contributed by atoms with Crippen molar-refractivity contribution in [3.63, 3.8) is 0 Å². The third-order valence-electron chi connectivity index (χ3n) is 3.44. The fourth-order valence-corrected chi connectivity index (χ4v) is 2.18. The summed E-state index contributed by atoms with van der Waals surface area (Å²) in [7, 11) is 1.91. The minimum Gasteiger partial charge on any atom is -0.346 e. The Morgan fingerprint density at radius 1 is 1.19 bits per heavy atom. The van der Waals surface area contributed by atoms with Crippen molar-refractivity contribution in [2.75, 3.05) is 13.6 Å². The van der Waals surface area contributed by atoms with Gasteiger partial charge in [-0.25, -0.2) is 0 Å². The largest absolute Gasteiger partial charge is 0.346 e. The first-order valence-corrected chi connectivity index (χ1v) is 7.13. The fourth-order valence-electron chi connectivity index (χ4n) is 2.18. The molecule has 0 saturated carbocycles. The molecule has 0 spiro atoms. The van der Waals surface area contributed by atoms with Gasteiger partial charge in [0, 0.05) is 11.8 Å². The van der Waals surface area contributed by atoms with Gasteiger partial charge in [-0.2, -0.15) is 0 Å². The summed E-state index contributed by atoms with van der Waals surface area (Å²) in [5.41, 5.74) is 3.78. The van der Waals surface area contributed by atoms with Crippen LogP contribution in [-0.2, 0) is 13.0 Å². The highest BCUT2D eigenvalue weighted by molar-refractivity contribution is 5.95. The molecule has 0 aliphatic heterocycles. The van der Waals surface area contributed by atoms with Gasteiger partial charge in [-0.3, -0.25) is 9.78 Å². The lowest BCUT2D eigenvalue weighted by atomic mass is 10.0. The topological polar surface area (TPSA) is 54.0 Å². The zero-order chi connectivity index (χ0) is 15.1. The van der Waals surface area contributed by atoms with Gasteiger partial charge in [0.1, 0.15) is 0 Å². The van der Waals surface area contributed by atoms with Crippen LogP contribution >= 0.6 is 0 Å². The molecule has 110 valence electrons. The van der Waals surface area contributed by atoms with E-state index in [0.29, 0.717) is 6.54 Å². The Hall–Kier alpha value is -2.20. The predicted molar refractivity (Wildman–Crippen MR) is 84.2 cm³/mol. The lowest BCUT2D eigenvalue weighted by Crippen LogP contribution is -2.25. The van der Waals surface area contributed by atoms with Crippen molar-refractivity contribution in [2.24, 2.45) is 0 Å². The van der Waals surface area contributed by atoms with Crippen LogP contribution in [0.2, 0.25) is 0 Å². The minimum absolute atomic E-state index is 0.0493. The number of aryl methyl sites for hydroxylation is 1. The number of benzene rings is 1. The molecule has 0 atom stereocenters. The van der Waals surface area contributed by atoms with Gasteiger partial charge in [-0.15, -0.1) is 0 Å². The summed E-state index contributed by atoms with van der Waals surface area (Å²) >= 11 is 0. The van der Waals surface area contributed by atoms with Crippen molar-refractivity contribution in [1.29, 1.82) is 0 Å². The first kappa shape index (κ1) is 15.2. The Kier molecular flexibility index (Phi) is 5.46. The molecule has 2 N–H and O–H groups in total. The summed E-state index contributed by atoms with van der Waals surface area (Å²) in [5, 5.41) is 6.06. The molecule has 4 nitrogen and oxygen atoms in total. The van der Waals surface area contributed by atoms with Crippen LogP contribution in [0, 0.1) is 6.92 Å². The molecule has 0 unspecified atom stereocenters. The maximum absolute atomic E-state index is 12.4. The Balaban J connectivity index is 2.05. The second kappa shape index (κ2) is 7.55. The van der Waals surface area contributed by atoms with Crippen molar-refractivity contribution >= 4 is 5.91 Å². The number of carbonyl (C=O) groups excluding carboxylic acids is 1. The van der Waals surface area contributed by atoms with E-state index in [1.165, 1.54) is 0 Å². The number of likely N-dealkylation sites (N-methyl/N-ethyl adjacent to an activating group) is 1. The van der Waals surface area contributed by atoms with E-state index in [9.17, 15) is 4.79 Å². The van der Waals surface area contributed by atoms with E-state index in [-0.39, 0.29) is 5.91 Å². The van der Waals surface area contributed by atoms with Crippen LogP contribution in [0.3, 0.4) is 0 Å². The molecule has 0 radical (unpaired) electrons. The second-order valence-corrected chi connectivity index (χ2v) is 4.96. The molecule has 1 aromatic carbocycles. The fraction of sp³-hybridized carbons (Fsp3) is 0.294. The smallest absolute Gasteiger partial charge is 0.251 e. The van der Waals surface area contributed by atoms with E-state index in [1.807, 2.05) is 50.4 Å². The zero-order valence-corrected chi connectivity index (χ0v) is 12.5. The number of amides is 1. The number of nitrogens with one attached hydrogen (secondary N) is 2. The molecule has 0 aliphatic carbocycles. The molecular formula is C17H21N3O. The van der Waals surface area contributed by atoms with Crippen LogP contribution in [0.15, 0.2) is 42.6 Å². The van der Waals surface area contributed by atoms with Crippen LogP contribution in [0.4, 0.5) is 0 Å². The first-order chi connectivity index (χ1) is 10.2. The average Bonchev–Trinajstić information content (AvgIpc) is 2.52. The molecule has 1 aromatic heterocycles. The van der Waals surface area contributed by atoms with Crippen LogP contribution in [0.25, 0.3) is 0 Å². The number of hydrogen-bond donors (Lipinski definition) is 2. The van der Waals surface area contributed by atoms with Gasteiger partial charge in [-0.1, -0.05) is 24.3 Å². The number of aromatic nitrogens is 1. The molecule has 0 saturated heterocycles. The van der Waals surface area contributed by atoms with E-state index in [4.69, 9.17) is 0 Å². The monoisotopic (exact) mass is 283 g/mol. The molecule has 1 amide bonds. The van der Waals surface area contributed by atoms with Gasteiger partial charge >= 0.3 is 0 Å². The molecule has 0 fully saturated rings. The Morgan fingerprint density at radius 3 is 2.76 bits per heavy atom. The van der Waals surface area contributed by atoms with Gasteiger partial charge in [0.05, 0.1) is 12.2 Å². The summed E-state index contributed by atoms with van der Waals surface area (Å²) < 4.78 is 0. The van der Waals surface area contributed by atoms with E-state index < -0.39 is 0 Å². The maximum atomic E-state index is 12.4. The maximum Gasteiger partial charge on any atom is 0.251 e. The lowest BCUT2D eigenvalue weighted by molar-refractivity contribution is 0.0949. The minimum atomic E-state index is -0.0493. The van der Waals surface area contributed by atoms with Gasteiger partial charge < -0.3 is 10.6 Å². The Bertz CT molecular complexity index is 610. The van der Waals surface area contributed by atoms with Gasteiger partial charge in [0.2, 0.25) is 0 Å². The lowest BCUT2D eigenvalue weighted by Gasteiger charge is -2.10. The number of hydrogen-bond acceptors (Lipinski definition) is 3. The van der Waals surface area contributed by atoms with Crippen molar-refractivity contribution in [3.8, 4) is 0 Å². The van der Waals surface area contributed by atoms with Crippen LogP contribution in [0.1, 0.15) is 27.2 Å². The standard InChI is InChI=1S/C17H21N3O/c1-13-6-5-10-19-16(13)12-20-17(21)15-8-4-3-7-14(15)9-11-18-2/h3-8,10,18H,9,11-12H2,1-2H3,(H,20,21). The van der Waals surface area contributed by atoms with Crippen molar-refractivity contribution < 1.29 is 4.79 Å². The van der Waals surface area contributed by atoms with Crippen LogP contribution < -0.4 is 10.6 Å². The SMILES string of the molecule is CNCCc1ccccc1C(=O)NCc1ncccc1C. The van der Waals surface area contributed by atoms with Gasteiger partial charge in [-0.05, 0) is 50.2 Å². The predicted octanol–water partition coefficient (Wildman–Crippen LogP) is 2.08. The molecule has 4 heteroatoms. The molecule has 2 rings (SSSR count). The second-order valence-electron chi connectivity index (χ2n) is 4.96. The summed E-state index contributed by atoms with van der Waals surface area (Å²) in [6.07, 6.45) is 2.58. The summed E-state index contributed by atoms with van der Waals surface area (Å²) in [4.78, 5) is 16.6. The normalized spacial score (nSPS) is 10.4. The number of nitrogens with zero attached hydrogens (tertiary/aromatic N) is 1. The quantitative estimate of drug-likeness (QED) is 0.853. The first-order valence-electron chi connectivity index (χ1n) is 7.13. The molecule has 2 aromatic rings. The van der Waals surface area contributed by atoms with Crippen molar-refractivity contribution in [1.82, 2.24) is 15.6 Å². The van der Waals surface area contributed by atoms with E-state index in [1.54, 1.807) is 6.20 Å². The summed E-state index contributed by atoms with van der Waals surface area (Å²) in [6.45, 7) is 3.30. The van der Waals surface area contributed by atoms with E-state index in [2.05, 4.69) is 15.6 Å². The average molecular weight is 283 g/mol. The number of carbonyl (C=O) groups is 1. The zero-order valence-electron chi connectivity index (χ0n) is 12.5. The van der Waals surface area contributed by atoms with Crippen LogP contribution in [0.5, 0.6) is 0 Å². The van der Waals surface area contributed by atoms with Gasteiger partial charge in [0.25, 0.3) is 5.91 Å². The van der Waals surface area contributed by atoms with Crippen molar-refractivity contribution in [2.45, 2.75) is 19.9 Å². The van der Waals surface area contributed by atoms with Gasteiger partial charge in [0.15, 0.2) is 0 Å². The summed E-state index contributed by atoms with van der Waals surface area (Å²) in [5.74, 6) is -0.0493. The van der Waals surface area contributed by atoms with Crippen LogP contribution in [-0.4, -0.2) is 24.5 Å². The molecular weight excluding hydrogens is 262 g/mol. The molecule has 0 aliphatic rings. The third kappa shape index (κ3) is 4.13. The van der Waals surface area contributed by atoms with E-state index in [0.717, 1.165) is 35.3 Å².